The summed E-state index contributed by atoms with van der Waals surface area (Å²) < 4.78 is 0. The van der Waals surface area contributed by atoms with Crippen LogP contribution in [0.2, 0.25) is 0 Å². The molecule has 0 bridgehead atoms. The van der Waals surface area contributed by atoms with Crippen LogP contribution in [0.1, 0.15) is 61.7 Å². The maximum atomic E-state index is 12.8. The van der Waals surface area contributed by atoms with E-state index >= 15 is 0 Å². The molecule has 1 saturated heterocycles. The Bertz CT molecular complexity index is 736. The molecule has 0 radical (unpaired) electrons. The summed E-state index contributed by atoms with van der Waals surface area (Å²) in [5.41, 5.74) is 2.36. The zero-order chi connectivity index (χ0) is 16.7. The number of rotatable bonds is 2. The molecule has 0 saturated carbocycles. The van der Waals surface area contributed by atoms with E-state index in [2.05, 4.69) is 29.4 Å². The quantitative estimate of drug-likeness (QED) is 0.868. The van der Waals surface area contributed by atoms with Gasteiger partial charge in [0.05, 0.1) is 17.9 Å². The van der Waals surface area contributed by atoms with E-state index in [-0.39, 0.29) is 17.5 Å². The highest BCUT2D eigenvalue weighted by Gasteiger charge is 2.35. The lowest BCUT2D eigenvalue weighted by atomic mass is 9.91. The third kappa shape index (κ3) is 2.70. The summed E-state index contributed by atoms with van der Waals surface area (Å²) in [5, 5.41) is 10.6. The van der Waals surface area contributed by atoms with E-state index in [0.29, 0.717) is 0 Å². The van der Waals surface area contributed by atoms with Crippen molar-refractivity contribution in [3.05, 3.63) is 28.5 Å². The number of aromatic nitrogens is 3. The van der Waals surface area contributed by atoms with Gasteiger partial charge >= 0.3 is 6.03 Å². The maximum absolute atomic E-state index is 12.8. The first-order valence-electron chi connectivity index (χ1n) is 8.61. The third-order valence-electron chi connectivity index (χ3n) is 5.20. The Balaban J connectivity index is 1.51. The van der Waals surface area contributed by atoms with Crippen LogP contribution in [0.4, 0.5) is 9.93 Å². The largest absolute Gasteiger partial charge is 0.324 e. The van der Waals surface area contributed by atoms with Gasteiger partial charge in [0.2, 0.25) is 0 Å². The normalized spacial score (nSPS) is 22.4. The van der Waals surface area contributed by atoms with Crippen LogP contribution in [0.3, 0.4) is 0 Å². The smallest absolute Gasteiger partial charge is 0.317 e. The predicted molar refractivity (Wildman–Crippen MR) is 94.4 cm³/mol. The number of aromatic amines is 1. The molecule has 1 aliphatic carbocycles. The average Bonchev–Trinajstić information content (AvgIpc) is 3.27. The predicted octanol–water partition coefficient (Wildman–Crippen LogP) is 3.85. The number of anilines is 1. The van der Waals surface area contributed by atoms with Crippen LogP contribution >= 0.6 is 11.3 Å². The molecule has 7 heteroatoms. The molecule has 0 aromatic carbocycles. The van der Waals surface area contributed by atoms with E-state index in [9.17, 15) is 4.79 Å². The van der Waals surface area contributed by atoms with Crippen LogP contribution in [0, 0.1) is 0 Å². The van der Waals surface area contributed by atoms with Crippen molar-refractivity contribution in [1.29, 1.82) is 0 Å². The third-order valence-corrected chi connectivity index (χ3v) is 6.23. The molecule has 0 spiro atoms. The Kier molecular flexibility index (Phi) is 3.83. The standard InChI is InChI=1S/C17H23N5OS/c1-17(2)7-6-13-14(17)20-15(24-13)21-16(23)22-8-4-3-5-12(22)11-9-18-19-10-11/h9-10,12H,3-8H2,1-2H3,(H,18,19)(H,20,21,23). The van der Waals surface area contributed by atoms with Crippen molar-refractivity contribution in [3.8, 4) is 0 Å². The minimum Gasteiger partial charge on any atom is -0.317 e. The molecule has 6 nitrogen and oxygen atoms in total. The minimum absolute atomic E-state index is 0.0499. The number of nitrogens with zero attached hydrogens (tertiary/aromatic N) is 3. The lowest BCUT2D eigenvalue weighted by molar-refractivity contribution is 0.163. The van der Waals surface area contributed by atoms with Crippen LogP contribution in [0.25, 0.3) is 0 Å². The van der Waals surface area contributed by atoms with E-state index in [0.717, 1.165) is 55.0 Å². The second kappa shape index (κ2) is 5.88. The van der Waals surface area contributed by atoms with Crippen molar-refractivity contribution < 1.29 is 4.79 Å². The Hall–Kier alpha value is -1.89. The van der Waals surface area contributed by atoms with Crippen LogP contribution in [-0.2, 0) is 11.8 Å². The van der Waals surface area contributed by atoms with Crippen molar-refractivity contribution in [1.82, 2.24) is 20.1 Å². The lowest BCUT2D eigenvalue weighted by Gasteiger charge is -2.34. The van der Waals surface area contributed by atoms with Gasteiger partial charge in [0.1, 0.15) is 0 Å². The molecule has 1 aliphatic heterocycles. The number of aryl methyl sites for hydroxylation is 1. The highest BCUT2D eigenvalue weighted by atomic mass is 32.1. The molecule has 1 atom stereocenters. The molecule has 2 aromatic rings. The Morgan fingerprint density at radius 3 is 3.08 bits per heavy atom. The number of piperidine rings is 1. The Morgan fingerprint density at radius 1 is 1.46 bits per heavy atom. The molecule has 2 aliphatic rings. The number of urea groups is 1. The van der Waals surface area contributed by atoms with Gasteiger partial charge in [0.25, 0.3) is 0 Å². The monoisotopic (exact) mass is 345 g/mol. The molecule has 24 heavy (non-hydrogen) atoms. The van der Waals surface area contributed by atoms with Gasteiger partial charge in [0, 0.05) is 28.6 Å². The molecular formula is C17H23N5OS. The summed E-state index contributed by atoms with van der Waals surface area (Å²) in [4.78, 5) is 20.8. The van der Waals surface area contributed by atoms with Gasteiger partial charge < -0.3 is 4.90 Å². The first-order valence-corrected chi connectivity index (χ1v) is 9.43. The molecular weight excluding hydrogens is 322 g/mol. The first kappa shape index (κ1) is 15.6. The zero-order valence-electron chi connectivity index (χ0n) is 14.1. The molecule has 4 rings (SSSR count). The van der Waals surface area contributed by atoms with Crippen molar-refractivity contribution >= 4 is 22.5 Å². The van der Waals surface area contributed by atoms with Gasteiger partial charge in [-0.2, -0.15) is 5.10 Å². The van der Waals surface area contributed by atoms with Crippen LogP contribution < -0.4 is 5.32 Å². The van der Waals surface area contributed by atoms with Gasteiger partial charge in [-0.15, -0.1) is 11.3 Å². The van der Waals surface area contributed by atoms with Gasteiger partial charge in [-0.05, 0) is 32.1 Å². The fraction of sp³-hybridized carbons (Fsp3) is 0.588. The number of hydrogen-bond acceptors (Lipinski definition) is 4. The lowest BCUT2D eigenvalue weighted by Crippen LogP contribution is -2.41. The summed E-state index contributed by atoms with van der Waals surface area (Å²) in [6, 6.07) is 0.0480. The second-order valence-electron chi connectivity index (χ2n) is 7.34. The number of carbonyl (C=O) groups is 1. The van der Waals surface area contributed by atoms with Gasteiger partial charge in [-0.25, -0.2) is 9.78 Å². The van der Waals surface area contributed by atoms with Gasteiger partial charge in [-0.1, -0.05) is 13.8 Å². The molecule has 128 valence electrons. The maximum Gasteiger partial charge on any atom is 0.324 e. The van der Waals surface area contributed by atoms with E-state index in [1.807, 2.05) is 17.3 Å². The Morgan fingerprint density at radius 2 is 2.33 bits per heavy atom. The average molecular weight is 345 g/mol. The number of carbonyl (C=O) groups excluding carboxylic acids is 1. The van der Waals surface area contributed by atoms with Gasteiger partial charge in [-0.3, -0.25) is 10.4 Å². The van der Waals surface area contributed by atoms with E-state index < -0.39 is 0 Å². The number of hydrogen-bond donors (Lipinski definition) is 2. The van der Waals surface area contributed by atoms with Crippen LogP contribution in [0.15, 0.2) is 12.4 Å². The summed E-state index contributed by atoms with van der Waals surface area (Å²) in [7, 11) is 0. The summed E-state index contributed by atoms with van der Waals surface area (Å²) in [5.74, 6) is 0. The van der Waals surface area contributed by atoms with E-state index in [1.165, 1.54) is 4.88 Å². The number of nitrogens with one attached hydrogen (secondary N) is 2. The van der Waals surface area contributed by atoms with Crippen molar-refractivity contribution in [2.75, 3.05) is 11.9 Å². The minimum atomic E-state index is -0.0499. The zero-order valence-corrected chi connectivity index (χ0v) is 14.9. The number of amides is 2. The highest BCUT2D eigenvalue weighted by Crippen LogP contribution is 2.42. The second-order valence-corrected chi connectivity index (χ2v) is 8.43. The van der Waals surface area contributed by atoms with Crippen molar-refractivity contribution in [3.63, 3.8) is 0 Å². The fourth-order valence-corrected chi connectivity index (χ4v) is 4.91. The molecule has 2 amide bonds. The first-order chi connectivity index (χ1) is 11.5. The van der Waals surface area contributed by atoms with E-state index in [1.54, 1.807) is 11.3 Å². The van der Waals surface area contributed by atoms with Gasteiger partial charge in [0.15, 0.2) is 5.13 Å². The highest BCUT2D eigenvalue weighted by molar-refractivity contribution is 7.16. The molecule has 3 heterocycles. The molecule has 2 aromatic heterocycles. The van der Waals surface area contributed by atoms with Crippen molar-refractivity contribution in [2.45, 2.75) is 57.4 Å². The van der Waals surface area contributed by atoms with Crippen molar-refractivity contribution in [2.24, 2.45) is 0 Å². The number of fused-ring (bicyclic) bond motifs is 1. The number of likely N-dealkylation sites (tertiary alicyclic amines) is 1. The summed E-state index contributed by atoms with van der Waals surface area (Å²) in [6.45, 7) is 5.23. The SMILES string of the molecule is CC1(C)CCc2sc(NC(=O)N3CCCCC3c3cn[nH]c3)nc21. The summed E-state index contributed by atoms with van der Waals surface area (Å²) in [6.07, 6.45) is 9.08. The molecule has 2 N–H and O–H groups in total. The number of thiazole rings is 1. The topological polar surface area (TPSA) is 73.9 Å². The molecule has 1 fully saturated rings. The molecule has 1 unspecified atom stereocenters. The Labute approximate surface area is 145 Å². The van der Waals surface area contributed by atoms with Crippen LogP contribution in [0.5, 0.6) is 0 Å². The number of H-pyrrole nitrogens is 1. The van der Waals surface area contributed by atoms with Crippen LogP contribution in [-0.4, -0.2) is 32.7 Å². The summed E-state index contributed by atoms with van der Waals surface area (Å²) >= 11 is 1.63. The fourth-order valence-electron chi connectivity index (χ4n) is 3.78. The van der Waals surface area contributed by atoms with E-state index in [4.69, 9.17) is 4.98 Å².